The van der Waals surface area contributed by atoms with Crippen LogP contribution in [0, 0.1) is 11.6 Å². The molecule has 2 nitrogen and oxygen atoms in total. The third-order valence-corrected chi connectivity index (χ3v) is 3.21. The first-order chi connectivity index (χ1) is 7.26. The molecule has 0 bridgehead atoms. The van der Waals surface area contributed by atoms with Crippen molar-refractivity contribution in [3.05, 3.63) is 35.4 Å². The topological polar surface area (TPSA) is 29.3 Å². The van der Waals surface area contributed by atoms with Crippen molar-refractivity contribution in [3.8, 4) is 0 Å². The summed E-state index contributed by atoms with van der Waals surface area (Å²) in [5, 5.41) is 0. The van der Waals surface area contributed by atoms with Gasteiger partial charge in [0, 0.05) is 11.1 Å². The maximum absolute atomic E-state index is 13.5. The van der Waals surface area contributed by atoms with Gasteiger partial charge in [-0.2, -0.15) is 0 Å². The average Bonchev–Trinajstić information content (AvgIpc) is 2.20. The van der Waals surface area contributed by atoms with Gasteiger partial charge in [0.2, 0.25) is 0 Å². The summed E-state index contributed by atoms with van der Waals surface area (Å²) in [6.07, 6.45) is 0. The first kappa shape index (κ1) is 13.1. The van der Waals surface area contributed by atoms with Crippen LogP contribution < -0.4 is 5.73 Å². The summed E-state index contributed by atoms with van der Waals surface area (Å²) in [6, 6.07) is 2.77. The van der Waals surface area contributed by atoms with Crippen LogP contribution in [0.2, 0.25) is 0 Å². The van der Waals surface area contributed by atoms with Gasteiger partial charge in [-0.15, -0.1) is 0 Å². The van der Waals surface area contributed by atoms with Gasteiger partial charge in [-0.3, -0.25) is 0 Å². The normalized spacial score (nSPS) is 14.2. The predicted molar refractivity (Wildman–Crippen MR) is 61.1 cm³/mol. The molecule has 0 radical (unpaired) electrons. The van der Waals surface area contributed by atoms with Crippen LogP contribution in [-0.2, 0) is 0 Å². The molecule has 90 valence electrons. The average molecular weight is 228 g/mol. The van der Waals surface area contributed by atoms with Gasteiger partial charge in [-0.05, 0) is 46.1 Å². The Morgan fingerprint density at radius 1 is 1.25 bits per heavy atom. The van der Waals surface area contributed by atoms with E-state index in [1.54, 1.807) is 0 Å². The van der Waals surface area contributed by atoms with Crippen molar-refractivity contribution in [1.82, 2.24) is 4.90 Å². The Balaban J connectivity index is 3.14. The lowest BCUT2D eigenvalue weighted by atomic mass is 9.88. The maximum atomic E-state index is 13.5. The summed E-state index contributed by atoms with van der Waals surface area (Å²) in [6.45, 7) is 3.78. The van der Waals surface area contributed by atoms with Gasteiger partial charge < -0.3 is 10.6 Å². The number of halogens is 2. The molecule has 1 atom stereocenters. The number of rotatable bonds is 3. The quantitative estimate of drug-likeness (QED) is 0.860. The van der Waals surface area contributed by atoms with Crippen LogP contribution in [0.15, 0.2) is 18.2 Å². The summed E-state index contributed by atoms with van der Waals surface area (Å²) >= 11 is 0. The predicted octanol–water partition coefficient (Wildman–Crippen LogP) is 2.30. The SMILES string of the molecule is CN(C)C(C)(C)C(N)c1cc(F)ccc1F. The zero-order chi connectivity index (χ0) is 12.5. The van der Waals surface area contributed by atoms with E-state index in [2.05, 4.69) is 0 Å². The number of benzene rings is 1. The van der Waals surface area contributed by atoms with Crippen molar-refractivity contribution >= 4 is 0 Å². The highest BCUT2D eigenvalue weighted by Crippen LogP contribution is 2.29. The van der Waals surface area contributed by atoms with Gasteiger partial charge in [0.05, 0.1) is 6.04 Å². The lowest BCUT2D eigenvalue weighted by Crippen LogP contribution is -2.47. The first-order valence-corrected chi connectivity index (χ1v) is 5.14. The van der Waals surface area contributed by atoms with Crippen molar-refractivity contribution in [2.45, 2.75) is 25.4 Å². The highest BCUT2D eigenvalue weighted by molar-refractivity contribution is 5.25. The summed E-state index contributed by atoms with van der Waals surface area (Å²) < 4.78 is 26.6. The molecule has 2 N–H and O–H groups in total. The van der Waals surface area contributed by atoms with Crippen molar-refractivity contribution in [2.24, 2.45) is 5.73 Å². The Kier molecular flexibility index (Phi) is 3.65. The summed E-state index contributed by atoms with van der Waals surface area (Å²) in [7, 11) is 3.72. The molecule has 0 aliphatic carbocycles. The Morgan fingerprint density at radius 2 is 1.81 bits per heavy atom. The fourth-order valence-electron chi connectivity index (χ4n) is 1.41. The number of hydrogen-bond donors (Lipinski definition) is 1. The Morgan fingerprint density at radius 3 is 2.31 bits per heavy atom. The Bertz CT molecular complexity index is 375. The molecular weight excluding hydrogens is 210 g/mol. The Labute approximate surface area is 95.1 Å². The lowest BCUT2D eigenvalue weighted by Gasteiger charge is -2.38. The maximum Gasteiger partial charge on any atom is 0.128 e. The third-order valence-electron chi connectivity index (χ3n) is 3.21. The lowest BCUT2D eigenvalue weighted by molar-refractivity contribution is 0.156. The molecule has 1 aromatic rings. The summed E-state index contributed by atoms with van der Waals surface area (Å²) in [5.74, 6) is -0.940. The Hall–Kier alpha value is -1.00. The van der Waals surface area contributed by atoms with E-state index in [1.807, 2.05) is 32.8 Å². The van der Waals surface area contributed by atoms with Gasteiger partial charge >= 0.3 is 0 Å². The molecule has 1 unspecified atom stereocenters. The van der Waals surface area contributed by atoms with E-state index in [4.69, 9.17) is 5.73 Å². The number of nitrogens with two attached hydrogens (primary N) is 1. The highest BCUT2D eigenvalue weighted by Gasteiger charge is 2.31. The first-order valence-electron chi connectivity index (χ1n) is 5.14. The molecule has 0 aliphatic rings. The molecule has 1 aromatic carbocycles. The number of nitrogens with zero attached hydrogens (tertiary/aromatic N) is 1. The van der Waals surface area contributed by atoms with Crippen molar-refractivity contribution in [2.75, 3.05) is 14.1 Å². The van der Waals surface area contributed by atoms with E-state index < -0.39 is 23.2 Å². The van der Waals surface area contributed by atoms with Crippen LogP contribution in [0.3, 0.4) is 0 Å². The monoisotopic (exact) mass is 228 g/mol. The van der Waals surface area contributed by atoms with E-state index in [-0.39, 0.29) is 5.56 Å². The van der Waals surface area contributed by atoms with Gasteiger partial charge in [0.15, 0.2) is 0 Å². The van der Waals surface area contributed by atoms with Crippen molar-refractivity contribution in [3.63, 3.8) is 0 Å². The molecule has 0 saturated heterocycles. The van der Waals surface area contributed by atoms with Crippen LogP contribution in [0.1, 0.15) is 25.5 Å². The van der Waals surface area contributed by atoms with Crippen LogP contribution in [0.25, 0.3) is 0 Å². The second-order valence-corrected chi connectivity index (χ2v) is 4.69. The summed E-state index contributed by atoms with van der Waals surface area (Å²) in [4.78, 5) is 1.89. The molecule has 0 amide bonds. The number of likely N-dealkylation sites (N-methyl/N-ethyl adjacent to an activating group) is 1. The molecule has 0 fully saturated rings. The largest absolute Gasteiger partial charge is 0.322 e. The molecule has 1 rings (SSSR count). The second kappa shape index (κ2) is 4.47. The molecule has 16 heavy (non-hydrogen) atoms. The van der Waals surface area contributed by atoms with E-state index in [0.29, 0.717) is 0 Å². The van der Waals surface area contributed by atoms with Crippen LogP contribution in [-0.4, -0.2) is 24.5 Å². The van der Waals surface area contributed by atoms with E-state index >= 15 is 0 Å². The standard InChI is InChI=1S/C12H18F2N2/c1-12(2,16(3)4)11(15)9-7-8(13)5-6-10(9)14/h5-7,11H,15H2,1-4H3. The molecule has 0 spiro atoms. The fourth-order valence-corrected chi connectivity index (χ4v) is 1.41. The molecule has 0 aliphatic heterocycles. The van der Waals surface area contributed by atoms with E-state index in [1.165, 1.54) is 0 Å². The zero-order valence-electron chi connectivity index (χ0n) is 10.1. The molecule has 0 heterocycles. The van der Waals surface area contributed by atoms with Gasteiger partial charge in [0.1, 0.15) is 11.6 Å². The molecule has 0 aromatic heterocycles. The van der Waals surface area contributed by atoms with E-state index in [9.17, 15) is 8.78 Å². The minimum atomic E-state index is -0.585. The van der Waals surface area contributed by atoms with Gasteiger partial charge in [-0.1, -0.05) is 0 Å². The summed E-state index contributed by atoms with van der Waals surface area (Å²) in [5.41, 5.74) is 5.75. The smallest absolute Gasteiger partial charge is 0.128 e. The minimum Gasteiger partial charge on any atom is -0.322 e. The highest BCUT2D eigenvalue weighted by atomic mass is 19.1. The van der Waals surface area contributed by atoms with Crippen LogP contribution in [0.4, 0.5) is 8.78 Å². The molecular formula is C12H18F2N2. The second-order valence-electron chi connectivity index (χ2n) is 4.69. The zero-order valence-corrected chi connectivity index (χ0v) is 10.1. The van der Waals surface area contributed by atoms with Crippen LogP contribution >= 0.6 is 0 Å². The van der Waals surface area contributed by atoms with E-state index in [0.717, 1.165) is 18.2 Å². The van der Waals surface area contributed by atoms with Crippen molar-refractivity contribution in [1.29, 1.82) is 0 Å². The molecule has 4 heteroatoms. The fraction of sp³-hybridized carbons (Fsp3) is 0.500. The third kappa shape index (κ3) is 2.39. The number of hydrogen-bond acceptors (Lipinski definition) is 2. The van der Waals surface area contributed by atoms with Gasteiger partial charge in [0.25, 0.3) is 0 Å². The minimum absolute atomic E-state index is 0.207. The van der Waals surface area contributed by atoms with Crippen molar-refractivity contribution < 1.29 is 8.78 Å². The molecule has 0 saturated carbocycles. The van der Waals surface area contributed by atoms with Gasteiger partial charge in [-0.25, -0.2) is 8.78 Å². The van der Waals surface area contributed by atoms with Crippen LogP contribution in [0.5, 0.6) is 0 Å².